The van der Waals surface area contributed by atoms with Crippen LogP contribution in [0.4, 0.5) is 0 Å². The number of hydrogen-bond donors (Lipinski definition) is 12. The zero-order valence-corrected chi connectivity index (χ0v) is 53.5. The molecule has 3 fully saturated rings. The first-order valence-corrected chi connectivity index (χ1v) is 33.2. The molecule has 0 saturated heterocycles. The average molecular weight is 1260 g/mol. The summed E-state index contributed by atoms with van der Waals surface area (Å²) in [6, 6.07) is 52.3. The molecule has 0 amide bonds. The standard InChI is InChI=1S/C28H32O4.C27H30O4.C26H28O4/c1-2-3-18-4-6-19(7-5-18)20-8-10-21(11-9-20)28(24-14-12-22(29)16-26(24)31)25-15-13-23(30)17-27(25)32;1-2-17-3-5-18(6-4-17)19-7-9-20(10-8-19)27(23-13-11-21(28)15-25(23)30)24-14-12-22(29)16-26(24)31;1-16-2-4-17(5-3-16)18-6-8-19(9-7-18)26(22-12-10-20(27)14-24(22)29)23-13-11-21(28)15-25(23)30/h8-19,28-32H,2-7H2,1H3;7-18,27-31H,2-6H2,1H3;6-17,26-30H,2-5H2,1H3. The van der Waals surface area contributed by atoms with Gasteiger partial charge < -0.3 is 61.3 Å². The van der Waals surface area contributed by atoms with E-state index in [1.54, 1.807) is 36.4 Å². The predicted octanol–water partition coefficient (Wildman–Crippen LogP) is 19.1. The molecule has 12 nitrogen and oxygen atoms in total. The summed E-state index contributed by atoms with van der Waals surface area (Å²) in [5.41, 5.74) is 10.2. The maximum absolute atomic E-state index is 10.6. The van der Waals surface area contributed by atoms with E-state index in [4.69, 9.17) is 0 Å². The maximum atomic E-state index is 10.6. The molecule has 3 aliphatic carbocycles. The van der Waals surface area contributed by atoms with E-state index in [0.29, 0.717) is 51.1 Å². The lowest BCUT2D eigenvalue weighted by Crippen LogP contribution is -2.13. The molecule has 93 heavy (non-hydrogen) atoms. The molecule has 12 N–H and O–H groups in total. The van der Waals surface area contributed by atoms with Crippen LogP contribution in [0.3, 0.4) is 0 Å². The molecule has 0 atom stereocenters. The zero-order chi connectivity index (χ0) is 65.9. The minimum Gasteiger partial charge on any atom is -0.508 e. The number of phenols is 12. The number of benzene rings is 9. The summed E-state index contributed by atoms with van der Waals surface area (Å²) in [7, 11) is 0. The monoisotopic (exact) mass is 1250 g/mol. The first-order valence-electron chi connectivity index (χ1n) is 33.2. The summed E-state index contributed by atoms with van der Waals surface area (Å²) >= 11 is 0. The van der Waals surface area contributed by atoms with Crippen molar-refractivity contribution in [2.24, 2.45) is 17.8 Å². The second kappa shape index (κ2) is 30.3. The number of aromatic hydroxyl groups is 12. The van der Waals surface area contributed by atoms with Crippen LogP contribution in [0, 0.1) is 17.8 Å². The van der Waals surface area contributed by atoms with Crippen molar-refractivity contribution in [2.45, 2.75) is 153 Å². The fourth-order valence-electron chi connectivity index (χ4n) is 14.8. The average Bonchev–Trinajstić information content (AvgIpc) is 0.852. The lowest BCUT2D eigenvalue weighted by molar-refractivity contribution is 0.308. The highest BCUT2D eigenvalue weighted by Crippen LogP contribution is 2.48. The van der Waals surface area contributed by atoms with Gasteiger partial charge in [-0.2, -0.15) is 0 Å². The van der Waals surface area contributed by atoms with Gasteiger partial charge in [0.1, 0.15) is 69.0 Å². The van der Waals surface area contributed by atoms with Gasteiger partial charge in [0.05, 0.1) is 0 Å². The second-order valence-corrected chi connectivity index (χ2v) is 26.3. The molecule has 12 rings (SSSR count). The smallest absolute Gasteiger partial charge is 0.123 e. The van der Waals surface area contributed by atoms with E-state index in [0.717, 1.165) is 34.4 Å². The lowest BCUT2D eigenvalue weighted by Gasteiger charge is -2.29. The van der Waals surface area contributed by atoms with E-state index < -0.39 is 17.8 Å². The molecule has 0 aromatic heterocycles. The van der Waals surface area contributed by atoms with Crippen LogP contribution in [0.5, 0.6) is 69.0 Å². The van der Waals surface area contributed by atoms with E-state index in [2.05, 4.69) is 93.6 Å². The summed E-state index contributed by atoms with van der Waals surface area (Å²) in [5.74, 6) is 2.59. The zero-order valence-electron chi connectivity index (χ0n) is 53.5. The first-order chi connectivity index (χ1) is 44.8. The van der Waals surface area contributed by atoms with Crippen molar-refractivity contribution in [2.75, 3.05) is 0 Å². The van der Waals surface area contributed by atoms with Crippen LogP contribution in [0.15, 0.2) is 182 Å². The van der Waals surface area contributed by atoms with Crippen LogP contribution in [0.1, 0.15) is 219 Å². The topological polar surface area (TPSA) is 243 Å². The maximum Gasteiger partial charge on any atom is 0.123 e. The Morgan fingerprint density at radius 3 is 0.720 bits per heavy atom. The summed E-state index contributed by atoms with van der Waals surface area (Å²) in [6.45, 7) is 6.86. The van der Waals surface area contributed by atoms with Crippen LogP contribution in [0.25, 0.3) is 0 Å². The van der Waals surface area contributed by atoms with E-state index in [9.17, 15) is 61.3 Å². The number of phenolic OH excluding ortho intramolecular Hbond substituents is 12. The van der Waals surface area contributed by atoms with Crippen LogP contribution in [-0.2, 0) is 0 Å². The minimum atomic E-state index is -0.439. The molecule has 3 saturated carbocycles. The second-order valence-electron chi connectivity index (χ2n) is 26.3. The largest absolute Gasteiger partial charge is 0.508 e. The predicted molar refractivity (Wildman–Crippen MR) is 366 cm³/mol. The van der Waals surface area contributed by atoms with Crippen LogP contribution in [-0.4, -0.2) is 61.3 Å². The third kappa shape index (κ3) is 16.3. The SMILES string of the molecule is CC1CCC(c2ccc(C(c3ccc(O)cc3O)c3ccc(O)cc3O)cc2)CC1.CCC1CCC(c2ccc(C(c3ccc(O)cc3O)c3ccc(O)cc3O)cc2)CC1.CCCC1CCC(c2ccc(C(c3ccc(O)cc3O)c3ccc(O)cc3O)cc2)CC1. The van der Waals surface area contributed by atoms with Gasteiger partial charge in [0.2, 0.25) is 0 Å². The molecule has 486 valence electrons. The molecule has 3 aliphatic rings. The highest BCUT2D eigenvalue weighted by molar-refractivity contribution is 5.59. The van der Waals surface area contributed by atoms with Gasteiger partial charge in [0.25, 0.3) is 0 Å². The molecule has 9 aromatic carbocycles. The Kier molecular flexibility index (Phi) is 21.7. The Morgan fingerprint density at radius 1 is 0.280 bits per heavy atom. The van der Waals surface area contributed by atoms with Crippen LogP contribution >= 0.6 is 0 Å². The molecule has 0 unspecified atom stereocenters. The molecule has 12 heteroatoms. The Bertz CT molecular complexity index is 3760. The van der Waals surface area contributed by atoms with Crippen LogP contribution < -0.4 is 0 Å². The van der Waals surface area contributed by atoms with E-state index in [1.807, 2.05) is 0 Å². The highest BCUT2D eigenvalue weighted by atomic mass is 16.3. The lowest BCUT2D eigenvalue weighted by atomic mass is 9.76. The molecule has 0 heterocycles. The van der Waals surface area contributed by atoms with Gasteiger partial charge in [-0.1, -0.05) is 162 Å². The first kappa shape index (κ1) is 66.5. The normalized spacial score (nSPS) is 18.9. The number of hydrogen-bond acceptors (Lipinski definition) is 12. The highest BCUT2D eigenvalue weighted by Gasteiger charge is 2.30. The number of rotatable bonds is 15. The molecular weight excluding hydrogens is 1160 g/mol. The molecule has 9 aromatic rings. The van der Waals surface area contributed by atoms with Crippen molar-refractivity contribution in [1.82, 2.24) is 0 Å². The third-order valence-electron chi connectivity index (χ3n) is 20.2. The van der Waals surface area contributed by atoms with Crippen molar-refractivity contribution >= 4 is 0 Å². The summed E-state index contributed by atoms with van der Waals surface area (Å²) in [6.07, 6.45) is 18.9. The van der Waals surface area contributed by atoms with Crippen molar-refractivity contribution < 1.29 is 61.3 Å². The summed E-state index contributed by atoms with van der Waals surface area (Å²) in [5, 5.41) is 122. The van der Waals surface area contributed by atoms with E-state index in [-0.39, 0.29) is 69.0 Å². The Labute approximate surface area is 546 Å². The fourth-order valence-corrected chi connectivity index (χ4v) is 14.8. The van der Waals surface area contributed by atoms with Crippen LogP contribution in [0.2, 0.25) is 0 Å². The summed E-state index contributed by atoms with van der Waals surface area (Å²) < 4.78 is 0. The van der Waals surface area contributed by atoms with Gasteiger partial charge >= 0.3 is 0 Å². The Morgan fingerprint density at radius 2 is 0.505 bits per heavy atom. The van der Waals surface area contributed by atoms with Crippen molar-refractivity contribution in [3.8, 4) is 69.0 Å². The van der Waals surface area contributed by atoms with E-state index in [1.165, 1.54) is 186 Å². The van der Waals surface area contributed by atoms with Gasteiger partial charge in [-0.3, -0.25) is 0 Å². The summed E-state index contributed by atoms with van der Waals surface area (Å²) in [4.78, 5) is 0. The van der Waals surface area contributed by atoms with E-state index >= 15 is 0 Å². The molecule has 0 aliphatic heterocycles. The van der Waals surface area contributed by atoms with Gasteiger partial charge in [0.15, 0.2) is 0 Å². The van der Waals surface area contributed by atoms with Gasteiger partial charge in [-0.25, -0.2) is 0 Å². The Hall–Kier alpha value is -9.42. The quantitative estimate of drug-likeness (QED) is 0.0429. The molecular formula is C81H90O12. The van der Waals surface area contributed by atoms with Gasteiger partial charge in [-0.05, 0) is 169 Å². The Balaban J connectivity index is 0.000000153. The molecule has 0 bridgehead atoms. The van der Waals surface area contributed by atoms with Gasteiger partial charge in [-0.15, -0.1) is 0 Å². The molecule has 0 radical (unpaired) electrons. The van der Waals surface area contributed by atoms with Crippen molar-refractivity contribution in [3.63, 3.8) is 0 Å². The third-order valence-corrected chi connectivity index (χ3v) is 20.2. The van der Waals surface area contributed by atoms with Gasteiger partial charge in [0, 0.05) is 87.5 Å². The molecule has 0 spiro atoms. The van der Waals surface area contributed by atoms with Crippen molar-refractivity contribution in [1.29, 1.82) is 0 Å². The minimum absolute atomic E-state index is 0.0195. The van der Waals surface area contributed by atoms with Crippen molar-refractivity contribution in [3.05, 3.63) is 249 Å². The fraction of sp³-hybridized carbons (Fsp3) is 0.333.